The molecule has 3 atom stereocenters. The van der Waals surface area contributed by atoms with Gasteiger partial charge >= 0.3 is 5.97 Å². The van der Waals surface area contributed by atoms with Crippen LogP contribution in [0.1, 0.15) is 25.3 Å². The number of nitro groups is 1. The minimum atomic E-state index is -0.384. The van der Waals surface area contributed by atoms with E-state index in [0.717, 1.165) is 42.9 Å². The normalized spacial score (nSPS) is 23.5. The molecule has 5 rings (SSSR count). The number of piperidine rings is 1. The number of non-ortho nitro benzene ring substituents is 1. The molecule has 1 amide bonds. The lowest BCUT2D eigenvalue weighted by Gasteiger charge is -2.50. The number of nitrogens with zero attached hydrogens (tertiary/aromatic N) is 4. The van der Waals surface area contributed by atoms with Gasteiger partial charge in [-0.2, -0.15) is 0 Å². The van der Waals surface area contributed by atoms with Crippen LogP contribution in [-0.4, -0.2) is 67.1 Å². The van der Waals surface area contributed by atoms with E-state index in [0.29, 0.717) is 32.7 Å². The van der Waals surface area contributed by atoms with Crippen LogP contribution in [0.3, 0.4) is 0 Å². The number of ether oxygens (including phenoxy) is 1. The maximum atomic E-state index is 14.0. The fourth-order valence-corrected chi connectivity index (χ4v) is 5.95. The number of anilines is 2. The van der Waals surface area contributed by atoms with Crippen molar-refractivity contribution in [3.8, 4) is 0 Å². The Hall–Kier alpha value is -3.62. The summed E-state index contributed by atoms with van der Waals surface area (Å²) >= 11 is 0. The minimum absolute atomic E-state index is 0.0195. The summed E-state index contributed by atoms with van der Waals surface area (Å²) in [6, 6.07) is 15.1. The molecule has 0 spiro atoms. The number of para-hydroxylation sites is 1. The third-order valence-electron chi connectivity index (χ3n) is 7.70. The second-order valence-electron chi connectivity index (χ2n) is 9.80. The lowest BCUT2D eigenvalue weighted by atomic mass is 9.82. The zero-order valence-electron chi connectivity index (χ0n) is 20.5. The zero-order chi connectivity index (χ0) is 25.2. The highest BCUT2D eigenvalue weighted by Gasteiger charge is 2.44. The number of rotatable bonds is 5. The lowest BCUT2D eigenvalue weighted by Crippen LogP contribution is -2.62. The van der Waals surface area contributed by atoms with Crippen molar-refractivity contribution in [1.29, 1.82) is 0 Å². The summed E-state index contributed by atoms with van der Waals surface area (Å²) in [6.07, 6.45) is 1.92. The van der Waals surface area contributed by atoms with Gasteiger partial charge in [0.25, 0.3) is 5.69 Å². The molecule has 2 aromatic carbocycles. The number of amides is 1. The molecule has 9 nitrogen and oxygen atoms in total. The summed E-state index contributed by atoms with van der Waals surface area (Å²) in [6.45, 7) is 5.30. The maximum absolute atomic E-state index is 14.0. The third-order valence-corrected chi connectivity index (χ3v) is 7.70. The number of nitro benzene ring substituents is 1. The van der Waals surface area contributed by atoms with Gasteiger partial charge in [-0.15, -0.1) is 0 Å². The first kappa shape index (κ1) is 24.1. The van der Waals surface area contributed by atoms with Crippen LogP contribution in [0.15, 0.2) is 48.5 Å². The van der Waals surface area contributed by atoms with Gasteiger partial charge in [0.2, 0.25) is 5.91 Å². The van der Waals surface area contributed by atoms with E-state index in [1.54, 1.807) is 19.1 Å². The first-order valence-corrected chi connectivity index (χ1v) is 12.8. The lowest BCUT2D eigenvalue weighted by molar-refractivity contribution is -0.384. The van der Waals surface area contributed by atoms with Crippen LogP contribution in [0.25, 0.3) is 0 Å². The van der Waals surface area contributed by atoms with Gasteiger partial charge in [0.15, 0.2) is 0 Å². The van der Waals surface area contributed by atoms with Crippen LogP contribution in [0.5, 0.6) is 0 Å². The second kappa shape index (κ2) is 10.2. The molecule has 3 aliphatic heterocycles. The van der Waals surface area contributed by atoms with E-state index in [2.05, 4.69) is 21.9 Å². The van der Waals surface area contributed by atoms with Gasteiger partial charge in [0.05, 0.1) is 29.4 Å². The number of likely N-dealkylation sites (tertiary alicyclic amines) is 1. The van der Waals surface area contributed by atoms with Crippen LogP contribution < -0.4 is 9.80 Å². The summed E-state index contributed by atoms with van der Waals surface area (Å²) in [5, 5.41) is 11.5. The predicted octanol–water partition coefficient (Wildman–Crippen LogP) is 3.26. The molecular weight excluding hydrogens is 460 g/mol. The van der Waals surface area contributed by atoms with E-state index >= 15 is 0 Å². The Morgan fingerprint density at radius 1 is 1.08 bits per heavy atom. The monoisotopic (exact) mass is 492 g/mol. The number of esters is 1. The van der Waals surface area contributed by atoms with Gasteiger partial charge in [0.1, 0.15) is 0 Å². The summed E-state index contributed by atoms with van der Waals surface area (Å²) in [4.78, 5) is 43.9. The van der Waals surface area contributed by atoms with E-state index in [4.69, 9.17) is 4.74 Å². The molecule has 36 heavy (non-hydrogen) atoms. The Bertz CT molecular complexity index is 1140. The molecule has 190 valence electrons. The smallest absolute Gasteiger partial charge is 0.310 e. The van der Waals surface area contributed by atoms with E-state index in [1.807, 2.05) is 29.2 Å². The number of carbonyl (C=O) groups is 2. The van der Waals surface area contributed by atoms with Crippen LogP contribution in [0.4, 0.5) is 17.1 Å². The first-order chi connectivity index (χ1) is 17.5. The molecule has 0 N–H and O–H groups in total. The average Bonchev–Trinajstić information content (AvgIpc) is 2.92. The Kier molecular flexibility index (Phi) is 6.80. The van der Waals surface area contributed by atoms with E-state index in [-0.39, 0.29) is 40.4 Å². The Morgan fingerprint density at radius 2 is 1.89 bits per heavy atom. The molecule has 2 aromatic rings. The van der Waals surface area contributed by atoms with Crippen molar-refractivity contribution < 1.29 is 19.2 Å². The number of carbonyl (C=O) groups excluding carboxylic acids is 2. The van der Waals surface area contributed by atoms with Crippen LogP contribution in [0, 0.1) is 22.0 Å². The largest absolute Gasteiger partial charge is 0.466 e. The molecule has 2 fully saturated rings. The maximum Gasteiger partial charge on any atom is 0.310 e. The van der Waals surface area contributed by atoms with Crippen molar-refractivity contribution in [3.63, 3.8) is 0 Å². The fourth-order valence-electron chi connectivity index (χ4n) is 5.95. The minimum Gasteiger partial charge on any atom is -0.466 e. The van der Waals surface area contributed by atoms with Gasteiger partial charge in [0, 0.05) is 56.2 Å². The number of piperazine rings is 1. The quantitative estimate of drug-likeness (QED) is 0.359. The number of benzene rings is 2. The van der Waals surface area contributed by atoms with Crippen LogP contribution >= 0.6 is 0 Å². The molecule has 3 heterocycles. The summed E-state index contributed by atoms with van der Waals surface area (Å²) in [7, 11) is 0. The van der Waals surface area contributed by atoms with Crippen molar-refractivity contribution in [1.82, 2.24) is 4.90 Å². The zero-order valence-corrected chi connectivity index (χ0v) is 20.5. The van der Waals surface area contributed by atoms with Crippen LogP contribution in [-0.2, 0) is 20.7 Å². The SMILES string of the molecule is CCOC(=O)[C@@H]1CCCN(C(=O)[C@H]2Cc3cc([N+](=O)[O-])ccc3N3CCN(c4ccccc4)C[C@@H]23)C1. The number of hydrogen-bond donors (Lipinski definition) is 0. The molecule has 0 aromatic heterocycles. The molecule has 9 heteroatoms. The summed E-state index contributed by atoms with van der Waals surface area (Å²) in [5.74, 6) is -0.880. The molecule has 0 aliphatic carbocycles. The molecule has 2 saturated heterocycles. The van der Waals surface area contributed by atoms with E-state index < -0.39 is 0 Å². The fraction of sp³-hybridized carbons (Fsp3) is 0.481. The highest BCUT2D eigenvalue weighted by molar-refractivity contribution is 5.84. The molecule has 0 radical (unpaired) electrons. The Balaban J connectivity index is 1.44. The van der Waals surface area contributed by atoms with Gasteiger partial charge in [-0.05, 0) is 49.9 Å². The van der Waals surface area contributed by atoms with E-state index in [9.17, 15) is 19.7 Å². The van der Waals surface area contributed by atoms with Crippen LogP contribution in [0.2, 0.25) is 0 Å². The molecule has 3 aliphatic rings. The van der Waals surface area contributed by atoms with Crippen molar-refractivity contribution in [2.24, 2.45) is 11.8 Å². The topological polar surface area (TPSA) is 96.2 Å². The number of hydrogen-bond acceptors (Lipinski definition) is 7. The second-order valence-corrected chi connectivity index (χ2v) is 9.80. The van der Waals surface area contributed by atoms with Crippen molar-refractivity contribution >= 4 is 28.9 Å². The highest BCUT2D eigenvalue weighted by atomic mass is 16.6. The Morgan fingerprint density at radius 3 is 2.64 bits per heavy atom. The van der Waals surface area contributed by atoms with Gasteiger partial charge < -0.3 is 19.4 Å². The Labute approximate surface area is 210 Å². The third kappa shape index (κ3) is 4.62. The summed E-state index contributed by atoms with van der Waals surface area (Å²) in [5.41, 5.74) is 2.98. The van der Waals surface area contributed by atoms with Gasteiger partial charge in [-0.1, -0.05) is 18.2 Å². The van der Waals surface area contributed by atoms with Gasteiger partial charge in [-0.3, -0.25) is 19.7 Å². The van der Waals surface area contributed by atoms with Crippen molar-refractivity contribution in [3.05, 3.63) is 64.2 Å². The molecule has 0 bridgehead atoms. The highest BCUT2D eigenvalue weighted by Crippen LogP contribution is 2.39. The van der Waals surface area contributed by atoms with Crippen molar-refractivity contribution in [2.75, 3.05) is 49.1 Å². The van der Waals surface area contributed by atoms with E-state index in [1.165, 1.54) is 0 Å². The predicted molar refractivity (Wildman–Crippen MR) is 136 cm³/mol. The molecular formula is C27H32N4O5. The first-order valence-electron chi connectivity index (χ1n) is 12.8. The summed E-state index contributed by atoms with van der Waals surface area (Å²) < 4.78 is 5.23. The number of fused-ring (bicyclic) bond motifs is 3. The van der Waals surface area contributed by atoms with Crippen molar-refractivity contribution in [2.45, 2.75) is 32.2 Å². The molecule has 0 unspecified atom stereocenters. The average molecular weight is 493 g/mol. The van der Waals surface area contributed by atoms with Gasteiger partial charge in [-0.25, -0.2) is 0 Å². The standard InChI is InChI=1S/C27H32N4O5/c1-2-36-27(33)19-7-6-12-29(17-19)26(32)23-16-20-15-22(31(34)35)10-11-24(20)30-14-13-28(18-25(23)30)21-8-4-3-5-9-21/h3-5,8-11,15,19,23,25H,2,6-7,12-14,16-18H2,1H3/t19-,23+,25+/m1/s1. The molecule has 0 saturated carbocycles.